The highest BCUT2D eigenvalue weighted by Crippen LogP contribution is 1.50. The smallest absolute Gasteiger partial charge is 0.300 e. The standard InChI is InChI=1S/C3H6O.C2H4O2.2CH5N.CH4/c1-3(2)4;1-2(3)4;2*1-2;/h1-2H3;1H3,(H,3,4);2*2H2,1H3;1H4. The molecule has 0 aliphatic heterocycles. The van der Waals surface area contributed by atoms with Gasteiger partial charge in [-0.3, -0.25) is 4.79 Å². The van der Waals surface area contributed by atoms with Gasteiger partial charge in [-0.1, -0.05) is 7.43 Å². The van der Waals surface area contributed by atoms with Gasteiger partial charge in [0, 0.05) is 6.92 Å². The van der Waals surface area contributed by atoms with E-state index in [0.717, 1.165) is 6.92 Å². The largest absolute Gasteiger partial charge is 0.481 e. The third-order valence-corrected chi connectivity index (χ3v) is 0. The molecule has 0 radical (unpaired) electrons. The Morgan fingerprint density at radius 1 is 0.923 bits per heavy atom. The highest BCUT2D eigenvalue weighted by Gasteiger charge is 1.65. The summed E-state index contributed by atoms with van der Waals surface area (Å²) in [6.07, 6.45) is 0. The van der Waals surface area contributed by atoms with Gasteiger partial charge in [-0.25, -0.2) is 0 Å². The first-order valence-electron chi connectivity index (χ1n) is 3.29. The van der Waals surface area contributed by atoms with E-state index in [1.807, 2.05) is 0 Å². The van der Waals surface area contributed by atoms with Crippen LogP contribution in [0.3, 0.4) is 0 Å². The quantitative estimate of drug-likeness (QED) is 0.522. The molecule has 0 aliphatic carbocycles. The molecule has 0 bridgehead atoms. The number of carboxylic acids is 1. The van der Waals surface area contributed by atoms with Gasteiger partial charge in [0.1, 0.15) is 5.78 Å². The van der Waals surface area contributed by atoms with Crippen LogP contribution in [0.15, 0.2) is 0 Å². The van der Waals surface area contributed by atoms with Crippen molar-refractivity contribution in [3.05, 3.63) is 0 Å². The van der Waals surface area contributed by atoms with Gasteiger partial charge < -0.3 is 21.4 Å². The van der Waals surface area contributed by atoms with E-state index in [1.165, 1.54) is 27.9 Å². The number of rotatable bonds is 0. The highest BCUT2D eigenvalue weighted by molar-refractivity contribution is 5.72. The van der Waals surface area contributed by atoms with E-state index in [9.17, 15) is 4.79 Å². The summed E-state index contributed by atoms with van der Waals surface area (Å²) in [4.78, 5) is 18.4. The van der Waals surface area contributed by atoms with E-state index in [4.69, 9.17) is 9.90 Å². The molecule has 0 heterocycles. The molecule has 0 amide bonds. The maximum atomic E-state index is 9.44. The van der Waals surface area contributed by atoms with Crippen LogP contribution in [0.25, 0.3) is 0 Å². The number of hydrogen-bond donors (Lipinski definition) is 3. The number of carbonyl (C=O) groups is 2. The van der Waals surface area contributed by atoms with Gasteiger partial charge in [-0.15, -0.1) is 0 Å². The van der Waals surface area contributed by atoms with Crippen LogP contribution in [0.5, 0.6) is 0 Å². The predicted molar refractivity (Wildman–Crippen MR) is 56.6 cm³/mol. The Kier molecular flexibility index (Phi) is 99.5. The lowest BCUT2D eigenvalue weighted by Gasteiger charge is -1.59. The van der Waals surface area contributed by atoms with E-state index in [2.05, 4.69) is 11.5 Å². The molecule has 0 aromatic rings. The lowest BCUT2D eigenvalue weighted by molar-refractivity contribution is -0.134. The van der Waals surface area contributed by atoms with E-state index in [1.54, 1.807) is 0 Å². The number of nitrogens with two attached hydrogens (primary N) is 2. The van der Waals surface area contributed by atoms with Crippen LogP contribution in [0.1, 0.15) is 28.2 Å². The zero-order valence-corrected chi connectivity index (χ0v) is 8.42. The lowest BCUT2D eigenvalue weighted by atomic mass is 10.6. The van der Waals surface area contributed by atoms with E-state index in [-0.39, 0.29) is 13.2 Å². The van der Waals surface area contributed by atoms with Crippen molar-refractivity contribution in [2.75, 3.05) is 14.1 Å². The molecule has 84 valence electrons. The number of hydrogen-bond acceptors (Lipinski definition) is 4. The third kappa shape index (κ3) is 1030. The summed E-state index contributed by atoms with van der Waals surface area (Å²) in [6, 6.07) is 0. The van der Waals surface area contributed by atoms with E-state index in [0.29, 0.717) is 0 Å². The molecule has 0 unspecified atom stereocenters. The second-order valence-corrected chi connectivity index (χ2v) is 1.43. The fraction of sp³-hybridized carbons (Fsp3) is 0.750. The first-order valence-corrected chi connectivity index (χ1v) is 3.29. The van der Waals surface area contributed by atoms with Gasteiger partial charge in [0.15, 0.2) is 0 Å². The van der Waals surface area contributed by atoms with Gasteiger partial charge in [-0.05, 0) is 27.9 Å². The second kappa shape index (κ2) is 43.7. The van der Waals surface area contributed by atoms with Crippen LogP contribution in [0.4, 0.5) is 0 Å². The molecule has 0 aliphatic rings. The van der Waals surface area contributed by atoms with Gasteiger partial charge >= 0.3 is 0 Å². The van der Waals surface area contributed by atoms with Crippen molar-refractivity contribution in [3.8, 4) is 0 Å². The molecule has 5 nitrogen and oxygen atoms in total. The summed E-state index contributed by atoms with van der Waals surface area (Å²) in [5.74, 6) is -0.667. The number of aliphatic carboxylic acids is 1. The Labute approximate surface area is 81.1 Å². The molecule has 5 heteroatoms. The minimum absolute atomic E-state index is 0. The van der Waals surface area contributed by atoms with Crippen molar-refractivity contribution in [2.45, 2.75) is 28.2 Å². The summed E-state index contributed by atoms with van der Waals surface area (Å²) in [7, 11) is 3.00. The summed E-state index contributed by atoms with van der Waals surface area (Å²) >= 11 is 0. The molecule has 0 rings (SSSR count). The topological polar surface area (TPSA) is 106 Å². The molecule has 0 atom stereocenters. The van der Waals surface area contributed by atoms with Crippen LogP contribution in [0, 0.1) is 0 Å². The molecule has 0 saturated carbocycles. The molecule has 0 aromatic heterocycles. The molecule has 0 aromatic carbocycles. The van der Waals surface area contributed by atoms with Gasteiger partial charge in [0.2, 0.25) is 0 Å². The molecule has 0 saturated heterocycles. The Hall–Kier alpha value is -0.940. The minimum atomic E-state index is -0.833. The minimum Gasteiger partial charge on any atom is -0.481 e. The van der Waals surface area contributed by atoms with Crippen molar-refractivity contribution in [3.63, 3.8) is 0 Å². The number of carbonyl (C=O) groups excluding carboxylic acids is 1. The van der Waals surface area contributed by atoms with Gasteiger partial charge in [-0.2, -0.15) is 0 Å². The molecule has 0 spiro atoms. The summed E-state index contributed by atoms with van der Waals surface area (Å²) < 4.78 is 0. The van der Waals surface area contributed by atoms with Crippen molar-refractivity contribution in [2.24, 2.45) is 11.5 Å². The maximum Gasteiger partial charge on any atom is 0.300 e. The fourth-order valence-electron chi connectivity index (χ4n) is 0. The Morgan fingerprint density at radius 3 is 0.923 bits per heavy atom. The predicted octanol–water partition coefficient (Wildman–Crippen LogP) is 0.472. The van der Waals surface area contributed by atoms with E-state index < -0.39 is 5.97 Å². The van der Waals surface area contributed by atoms with Crippen molar-refractivity contribution >= 4 is 11.8 Å². The highest BCUT2D eigenvalue weighted by atomic mass is 16.4. The second-order valence-electron chi connectivity index (χ2n) is 1.43. The summed E-state index contributed by atoms with van der Waals surface area (Å²) in [6.45, 7) is 4.14. The van der Waals surface area contributed by atoms with Crippen molar-refractivity contribution in [1.29, 1.82) is 0 Å². The Balaban J connectivity index is -0.0000000226. The Morgan fingerprint density at radius 2 is 0.923 bits per heavy atom. The molecule has 0 fully saturated rings. The number of carboxylic acid groups (broad SMARTS) is 1. The molecular formula is C8H24N2O3. The van der Waals surface area contributed by atoms with Crippen molar-refractivity contribution < 1.29 is 14.7 Å². The van der Waals surface area contributed by atoms with Crippen LogP contribution >= 0.6 is 0 Å². The van der Waals surface area contributed by atoms with Crippen LogP contribution in [-0.2, 0) is 9.59 Å². The lowest BCUT2D eigenvalue weighted by Crippen LogP contribution is -1.78. The fourth-order valence-corrected chi connectivity index (χ4v) is 0. The number of Topliss-reactive ketones (excluding diaryl/α,β-unsaturated/α-hetero) is 1. The summed E-state index contributed by atoms with van der Waals surface area (Å²) in [5.41, 5.74) is 9.00. The monoisotopic (exact) mass is 196 g/mol. The average Bonchev–Trinajstić information content (AvgIpc) is 1.93. The first-order chi connectivity index (χ1) is 5.46. The SMILES string of the molecule is C.CC(=O)O.CC(C)=O.CN.CN. The van der Waals surface area contributed by atoms with E-state index >= 15 is 0 Å². The third-order valence-electron chi connectivity index (χ3n) is 0. The molecular weight excluding hydrogens is 172 g/mol. The first kappa shape index (κ1) is 29.6. The zero-order chi connectivity index (χ0) is 11.2. The van der Waals surface area contributed by atoms with Gasteiger partial charge in [0.25, 0.3) is 5.97 Å². The maximum absolute atomic E-state index is 9.44. The average molecular weight is 196 g/mol. The zero-order valence-electron chi connectivity index (χ0n) is 8.42. The van der Waals surface area contributed by atoms with Crippen molar-refractivity contribution in [1.82, 2.24) is 0 Å². The normalized spacial score (nSPS) is 4.85. The summed E-state index contributed by atoms with van der Waals surface area (Å²) in [5, 5.41) is 7.42. The molecule has 5 N–H and O–H groups in total. The number of ketones is 1. The van der Waals surface area contributed by atoms with Crippen LogP contribution in [-0.4, -0.2) is 31.0 Å². The van der Waals surface area contributed by atoms with Gasteiger partial charge in [0.05, 0.1) is 0 Å². The van der Waals surface area contributed by atoms with Crippen LogP contribution in [0.2, 0.25) is 0 Å². The Bertz CT molecular complexity index is 75.4. The molecule has 13 heavy (non-hydrogen) atoms. The van der Waals surface area contributed by atoms with Crippen LogP contribution < -0.4 is 11.5 Å².